The number of carbonyl (C=O) groups excluding carboxylic acids is 1. The molecule has 0 aromatic heterocycles. The Balaban J connectivity index is 2.01. The quantitative estimate of drug-likeness (QED) is 0.750. The van der Waals surface area contributed by atoms with Gasteiger partial charge in [0.15, 0.2) is 0 Å². The summed E-state index contributed by atoms with van der Waals surface area (Å²) in [5, 5.41) is 9.27. The van der Waals surface area contributed by atoms with E-state index < -0.39 is 11.6 Å². The van der Waals surface area contributed by atoms with E-state index in [9.17, 15) is 14.7 Å². The number of piperidine rings is 1. The number of hydrogen-bond donors (Lipinski definition) is 1. The number of nitrogens with zero attached hydrogens (tertiary/aromatic N) is 1. The van der Waals surface area contributed by atoms with Crippen LogP contribution in [0.2, 0.25) is 0 Å². The number of carbonyl (C=O) groups is 2. The van der Waals surface area contributed by atoms with Crippen molar-refractivity contribution in [2.45, 2.75) is 39.2 Å². The summed E-state index contributed by atoms with van der Waals surface area (Å²) in [7, 11) is 0. The molecule has 2 rings (SSSR count). The summed E-state index contributed by atoms with van der Waals surface area (Å²) < 4.78 is 5.38. The molecule has 1 aliphatic carbocycles. The molecule has 0 bridgehead atoms. The number of allylic oxidation sites excluding steroid dienone is 1. The fourth-order valence-corrected chi connectivity index (χ4v) is 3.05. The van der Waals surface area contributed by atoms with Gasteiger partial charge in [0, 0.05) is 13.1 Å². The number of fused-ring (bicyclic) bond motifs is 1. The molecular weight excluding hydrogens is 258 g/mol. The molecular formula is C15H23NO4. The van der Waals surface area contributed by atoms with Crippen molar-refractivity contribution in [1.82, 2.24) is 4.90 Å². The average Bonchev–Trinajstić information content (AvgIpc) is 2.35. The minimum absolute atomic E-state index is 0.131. The van der Waals surface area contributed by atoms with Gasteiger partial charge in [0.2, 0.25) is 0 Å². The predicted molar refractivity (Wildman–Crippen MR) is 74.3 cm³/mol. The molecule has 1 heterocycles. The Bertz CT molecular complexity index is 424. The van der Waals surface area contributed by atoms with Gasteiger partial charge in [-0.15, -0.1) is 0 Å². The Morgan fingerprint density at radius 1 is 1.35 bits per heavy atom. The highest BCUT2D eigenvalue weighted by Gasteiger charge is 2.40. The molecule has 112 valence electrons. The maximum absolute atomic E-state index is 12.1. The smallest absolute Gasteiger partial charge is 0.410 e. The van der Waals surface area contributed by atoms with Gasteiger partial charge in [0.25, 0.3) is 0 Å². The van der Waals surface area contributed by atoms with Crippen LogP contribution in [0.25, 0.3) is 0 Å². The molecule has 0 saturated carbocycles. The Labute approximate surface area is 119 Å². The van der Waals surface area contributed by atoms with Crippen molar-refractivity contribution in [2.75, 3.05) is 13.1 Å². The minimum atomic E-state index is -0.727. The van der Waals surface area contributed by atoms with Crippen molar-refractivity contribution in [3.8, 4) is 0 Å². The van der Waals surface area contributed by atoms with E-state index in [0.29, 0.717) is 19.5 Å². The second kappa shape index (κ2) is 5.46. The van der Waals surface area contributed by atoms with Crippen molar-refractivity contribution < 1.29 is 19.4 Å². The highest BCUT2D eigenvalue weighted by atomic mass is 16.6. The average molecular weight is 281 g/mol. The van der Waals surface area contributed by atoms with Gasteiger partial charge in [-0.1, -0.05) is 12.2 Å². The Kier molecular flexibility index (Phi) is 4.06. The normalized spacial score (nSPS) is 29.8. The van der Waals surface area contributed by atoms with Crippen LogP contribution in [0.4, 0.5) is 4.79 Å². The van der Waals surface area contributed by atoms with Gasteiger partial charge in [-0.2, -0.15) is 0 Å². The van der Waals surface area contributed by atoms with E-state index in [1.807, 2.05) is 26.8 Å². The lowest BCUT2D eigenvalue weighted by Gasteiger charge is -2.41. The first kappa shape index (κ1) is 14.9. The fourth-order valence-electron chi connectivity index (χ4n) is 3.05. The van der Waals surface area contributed by atoms with Crippen LogP contribution in [-0.4, -0.2) is 40.8 Å². The Morgan fingerprint density at radius 2 is 2.05 bits per heavy atom. The number of rotatable bonds is 1. The van der Waals surface area contributed by atoms with Crippen LogP contribution in [0.1, 0.15) is 33.6 Å². The zero-order valence-corrected chi connectivity index (χ0v) is 12.3. The SMILES string of the molecule is CC(C)(C)OC(=O)N1CC[C@@H]2[C@@H](C=CC[C@H]2C(=O)O)C1. The summed E-state index contributed by atoms with van der Waals surface area (Å²) in [5.74, 6) is -0.775. The molecule has 0 spiro atoms. The lowest BCUT2D eigenvalue weighted by molar-refractivity contribution is -0.145. The van der Waals surface area contributed by atoms with E-state index in [1.54, 1.807) is 4.90 Å². The maximum Gasteiger partial charge on any atom is 0.410 e. The second-order valence-electron chi connectivity index (χ2n) is 6.65. The van der Waals surface area contributed by atoms with Crippen LogP contribution < -0.4 is 0 Å². The van der Waals surface area contributed by atoms with Crippen LogP contribution in [0.15, 0.2) is 12.2 Å². The van der Waals surface area contributed by atoms with Gasteiger partial charge in [0.1, 0.15) is 5.60 Å². The van der Waals surface area contributed by atoms with Crippen molar-refractivity contribution in [1.29, 1.82) is 0 Å². The van der Waals surface area contributed by atoms with Gasteiger partial charge < -0.3 is 14.7 Å². The molecule has 0 aromatic carbocycles. The highest BCUT2D eigenvalue weighted by molar-refractivity contribution is 5.71. The van der Waals surface area contributed by atoms with Crippen LogP contribution in [-0.2, 0) is 9.53 Å². The second-order valence-corrected chi connectivity index (χ2v) is 6.65. The predicted octanol–water partition coefficient (Wildman–Crippen LogP) is 2.52. The molecule has 0 unspecified atom stereocenters. The van der Waals surface area contributed by atoms with Crippen molar-refractivity contribution in [3.05, 3.63) is 12.2 Å². The topological polar surface area (TPSA) is 66.8 Å². The fraction of sp³-hybridized carbons (Fsp3) is 0.733. The van der Waals surface area contributed by atoms with Crippen molar-refractivity contribution >= 4 is 12.1 Å². The van der Waals surface area contributed by atoms with E-state index in [-0.39, 0.29) is 23.8 Å². The summed E-state index contributed by atoms with van der Waals surface area (Å²) in [6, 6.07) is 0. The number of aliphatic carboxylic acids is 1. The summed E-state index contributed by atoms with van der Waals surface area (Å²) in [5.41, 5.74) is -0.500. The number of ether oxygens (including phenoxy) is 1. The van der Waals surface area contributed by atoms with E-state index in [1.165, 1.54) is 0 Å². The molecule has 0 radical (unpaired) electrons. The van der Waals surface area contributed by atoms with Gasteiger partial charge >= 0.3 is 12.1 Å². The molecule has 0 aromatic rings. The zero-order chi connectivity index (χ0) is 14.9. The van der Waals surface area contributed by atoms with Crippen LogP contribution in [0.3, 0.4) is 0 Å². The lowest BCUT2D eigenvalue weighted by atomic mass is 9.72. The van der Waals surface area contributed by atoms with Gasteiger partial charge in [0.05, 0.1) is 5.92 Å². The largest absolute Gasteiger partial charge is 0.481 e. The summed E-state index contributed by atoms with van der Waals surface area (Å²) in [4.78, 5) is 25.0. The maximum atomic E-state index is 12.1. The monoisotopic (exact) mass is 281 g/mol. The van der Waals surface area contributed by atoms with E-state index in [0.717, 1.165) is 6.42 Å². The summed E-state index contributed by atoms with van der Waals surface area (Å²) in [6.45, 7) is 6.67. The first-order chi connectivity index (χ1) is 9.28. The molecule has 5 nitrogen and oxygen atoms in total. The molecule has 1 amide bonds. The molecule has 5 heteroatoms. The lowest BCUT2D eigenvalue weighted by Crippen LogP contribution is -2.48. The van der Waals surface area contributed by atoms with Gasteiger partial charge in [-0.05, 0) is 45.4 Å². The summed E-state index contributed by atoms with van der Waals surface area (Å²) >= 11 is 0. The third-order valence-corrected chi connectivity index (χ3v) is 3.97. The summed E-state index contributed by atoms with van der Waals surface area (Å²) in [6.07, 6.45) is 5.01. The van der Waals surface area contributed by atoms with Gasteiger partial charge in [-0.3, -0.25) is 4.79 Å². The first-order valence-corrected chi connectivity index (χ1v) is 7.15. The molecule has 1 N–H and O–H groups in total. The van der Waals surface area contributed by atoms with E-state index >= 15 is 0 Å². The standard InChI is InChI=1S/C15H23NO4/c1-15(2,3)20-14(19)16-8-7-11-10(9-16)5-4-6-12(11)13(17)18/h4-5,10-12H,6-9H2,1-3H3,(H,17,18)/t10-,11+,12+/m0/s1. The van der Waals surface area contributed by atoms with Crippen LogP contribution in [0, 0.1) is 17.8 Å². The highest BCUT2D eigenvalue weighted by Crippen LogP contribution is 2.37. The van der Waals surface area contributed by atoms with Gasteiger partial charge in [-0.25, -0.2) is 4.79 Å². The number of carboxylic acids is 1. The number of carboxylic acid groups (broad SMARTS) is 1. The van der Waals surface area contributed by atoms with Crippen LogP contribution in [0.5, 0.6) is 0 Å². The Hall–Kier alpha value is -1.52. The van der Waals surface area contributed by atoms with E-state index in [4.69, 9.17) is 4.74 Å². The number of likely N-dealkylation sites (tertiary alicyclic amines) is 1. The number of hydrogen-bond acceptors (Lipinski definition) is 3. The van der Waals surface area contributed by atoms with Crippen molar-refractivity contribution in [3.63, 3.8) is 0 Å². The Morgan fingerprint density at radius 3 is 2.65 bits per heavy atom. The molecule has 3 atom stereocenters. The third-order valence-electron chi connectivity index (χ3n) is 3.97. The first-order valence-electron chi connectivity index (χ1n) is 7.15. The van der Waals surface area contributed by atoms with Crippen LogP contribution >= 0.6 is 0 Å². The molecule has 2 aliphatic rings. The van der Waals surface area contributed by atoms with Crippen molar-refractivity contribution in [2.24, 2.45) is 17.8 Å². The zero-order valence-electron chi connectivity index (χ0n) is 12.3. The minimum Gasteiger partial charge on any atom is -0.481 e. The van der Waals surface area contributed by atoms with E-state index in [2.05, 4.69) is 6.08 Å². The molecule has 1 fully saturated rings. The molecule has 20 heavy (non-hydrogen) atoms. The molecule has 1 aliphatic heterocycles. The number of amides is 1. The molecule has 1 saturated heterocycles. The third kappa shape index (κ3) is 3.32.